The first kappa shape index (κ1) is 79.5. The number of unbranched alkanes of at least 4 members (excludes halogenated alkanes) is 35. The van der Waals surface area contributed by atoms with Crippen LogP contribution < -0.4 is 0 Å². The molecule has 0 radical (unpaired) electrons. The number of hydrogen-bond donors (Lipinski definition) is 1. The summed E-state index contributed by atoms with van der Waals surface area (Å²) in [6.45, 7) is 4.74. The van der Waals surface area contributed by atoms with Crippen molar-refractivity contribution in [1.29, 1.82) is 0 Å². The summed E-state index contributed by atoms with van der Waals surface area (Å²) < 4.78 is 22.9. The highest BCUT2D eigenvalue weighted by molar-refractivity contribution is 5.71. The summed E-state index contributed by atoms with van der Waals surface area (Å²) in [5, 5.41) is 9.72. The van der Waals surface area contributed by atoms with Crippen molar-refractivity contribution < 1.29 is 42.9 Å². The number of nitrogens with zero attached hydrogens (tertiary/aromatic N) is 1. The number of hydrogen-bond acceptors (Lipinski definition) is 7. The predicted molar refractivity (Wildman–Crippen MR) is 355 cm³/mol. The molecular weight excluding hydrogens is 1030 g/mol. The Hall–Kier alpha value is -3.53. The van der Waals surface area contributed by atoms with Gasteiger partial charge in [-0.2, -0.15) is 0 Å². The van der Waals surface area contributed by atoms with E-state index in [0.29, 0.717) is 23.9 Å². The second-order valence-electron chi connectivity index (χ2n) is 24.5. The summed E-state index contributed by atoms with van der Waals surface area (Å²) in [6.07, 6.45) is 84.4. The van der Waals surface area contributed by atoms with Crippen molar-refractivity contribution in [2.45, 2.75) is 322 Å². The van der Waals surface area contributed by atoms with E-state index in [1.54, 1.807) is 0 Å². The Morgan fingerprint density at radius 1 is 0.373 bits per heavy atom. The van der Waals surface area contributed by atoms with Gasteiger partial charge >= 0.3 is 17.9 Å². The molecule has 0 heterocycles. The lowest BCUT2D eigenvalue weighted by Gasteiger charge is -2.25. The highest BCUT2D eigenvalue weighted by Crippen LogP contribution is 2.18. The van der Waals surface area contributed by atoms with Crippen LogP contribution in [0.3, 0.4) is 0 Å². The normalized spacial score (nSPS) is 13.2. The van der Waals surface area contributed by atoms with Crippen molar-refractivity contribution in [3.05, 3.63) is 85.1 Å². The molecule has 0 fully saturated rings. The number of aliphatic carboxylic acids is 1. The molecule has 0 saturated heterocycles. The van der Waals surface area contributed by atoms with Gasteiger partial charge in [0.2, 0.25) is 0 Å². The summed E-state index contributed by atoms with van der Waals surface area (Å²) in [5.41, 5.74) is 0. The molecule has 480 valence electrons. The zero-order chi connectivity index (χ0) is 60.5. The van der Waals surface area contributed by atoms with Crippen LogP contribution in [0.15, 0.2) is 85.1 Å². The summed E-state index contributed by atoms with van der Waals surface area (Å²) >= 11 is 0. The lowest BCUT2D eigenvalue weighted by atomic mass is 10.0. The summed E-state index contributed by atoms with van der Waals surface area (Å²) in [6, 6.07) is 0. The van der Waals surface area contributed by atoms with E-state index in [1.807, 2.05) is 21.1 Å². The van der Waals surface area contributed by atoms with Gasteiger partial charge in [-0.05, 0) is 89.9 Å². The van der Waals surface area contributed by atoms with Crippen LogP contribution in [-0.2, 0) is 33.3 Å². The standard InChI is InChI=1S/C74H131NO8/c1-6-8-10-12-14-16-18-20-22-24-25-26-27-28-29-30-31-32-33-34-35-36-37-38-39-40-41-42-43-44-45-46-47-49-50-52-54-56-58-60-62-64-71(76)81-68-70(69-82-74(73(78)79)80-67-66-75(3,4)5)83-72(77)65-63-61-59-57-55-53-51-48-23-21-19-17-15-13-11-9-7-2/h9,11,15,17-18,20-21,23-25,27-28,51,53,70,74H,6-8,10,12-14,16,19,22,26,29-50,52,54-69H2,1-5H3/p+1/b11-9-,17-15-,20-18-,23-21-,25-24-,28-27-,53-51-. The van der Waals surface area contributed by atoms with Crippen LogP contribution in [0.2, 0.25) is 0 Å². The second kappa shape index (κ2) is 64.5. The van der Waals surface area contributed by atoms with E-state index in [-0.39, 0.29) is 32.2 Å². The van der Waals surface area contributed by atoms with Gasteiger partial charge in [0.1, 0.15) is 13.2 Å². The highest BCUT2D eigenvalue weighted by Gasteiger charge is 2.25. The van der Waals surface area contributed by atoms with Crippen molar-refractivity contribution in [2.24, 2.45) is 0 Å². The molecule has 2 atom stereocenters. The highest BCUT2D eigenvalue weighted by atomic mass is 16.7. The third-order valence-corrected chi connectivity index (χ3v) is 15.1. The molecule has 0 aliphatic heterocycles. The quantitative estimate of drug-likeness (QED) is 0.0211. The molecule has 1 N–H and O–H groups in total. The number of rotatable bonds is 64. The van der Waals surface area contributed by atoms with Crippen molar-refractivity contribution >= 4 is 17.9 Å². The minimum Gasteiger partial charge on any atom is -0.477 e. The van der Waals surface area contributed by atoms with Crippen molar-refractivity contribution in [3.8, 4) is 0 Å². The molecule has 0 saturated carbocycles. The SMILES string of the molecule is CC/C=C\C/C=C\C/C=C\C/C=C\CCCCCCC(=O)OC(COC(=O)CCCCCCCCCCCCCCCCCCCCCCCCCCCC/C=C\C/C=C\C/C=C\CCCCCCC)COC(OCC[N+](C)(C)C)C(=O)O. The van der Waals surface area contributed by atoms with Gasteiger partial charge in [-0.15, -0.1) is 0 Å². The van der Waals surface area contributed by atoms with Crippen molar-refractivity contribution in [2.75, 3.05) is 47.5 Å². The van der Waals surface area contributed by atoms with Gasteiger partial charge in [0, 0.05) is 12.8 Å². The van der Waals surface area contributed by atoms with E-state index < -0.39 is 24.3 Å². The number of esters is 2. The van der Waals surface area contributed by atoms with Gasteiger partial charge in [0.05, 0.1) is 34.4 Å². The third kappa shape index (κ3) is 65.9. The van der Waals surface area contributed by atoms with Gasteiger partial charge < -0.3 is 28.5 Å². The Morgan fingerprint density at radius 3 is 1.02 bits per heavy atom. The fraction of sp³-hybridized carbons (Fsp3) is 0.770. The van der Waals surface area contributed by atoms with Gasteiger partial charge in [-0.25, -0.2) is 4.79 Å². The Labute approximate surface area is 512 Å². The van der Waals surface area contributed by atoms with Crippen LogP contribution in [-0.4, -0.2) is 87.4 Å². The molecule has 0 amide bonds. The molecule has 0 aromatic rings. The number of allylic oxidation sites excluding steroid dienone is 14. The van der Waals surface area contributed by atoms with E-state index in [9.17, 15) is 19.5 Å². The lowest BCUT2D eigenvalue weighted by molar-refractivity contribution is -0.870. The Morgan fingerprint density at radius 2 is 0.687 bits per heavy atom. The van der Waals surface area contributed by atoms with Crippen LogP contribution in [0.5, 0.6) is 0 Å². The molecule has 9 heteroatoms. The van der Waals surface area contributed by atoms with Gasteiger partial charge in [0.15, 0.2) is 6.10 Å². The van der Waals surface area contributed by atoms with Crippen LogP contribution in [0, 0.1) is 0 Å². The molecule has 0 aliphatic carbocycles. The molecule has 83 heavy (non-hydrogen) atoms. The number of quaternary nitrogens is 1. The van der Waals surface area contributed by atoms with Gasteiger partial charge in [-0.3, -0.25) is 9.59 Å². The second-order valence-corrected chi connectivity index (χ2v) is 24.5. The first-order chi connectivity index (χ1) is 40.6. The summed E-state index contributed by atoms with van der Waals surface area (Å²) in [4.78, 5) is 37.5. The van der Waals surface area contributed by atoms with Crippen LogP contribution in [0.25, 0.3) is 0 Å². The number of carboxylic acid groups (broad SMARTS) is 1. The Kier molecular flexibility index (Phi) is 61.7. The zero-order valence-electron chi connectivity index (χ0n) is 54.8. The summed E-state index contributed by atoms with van der Waals surface area (Å²) in [7, 11) is 5.96. The monoisotopic (exact) mass is 1160 g/mol. The maximum absolute atomic E-state index is 12.9. The summed E-state index contributed by atoms with van der Waals surface area (Å²) in [5.74, 6) is -2.03. The molecule has 0 aromatic heterocycles. The minimum atomic E-state index is -1.52. The van der Waals surface area contributed by atoms with Gasteiger partial charge in [-0.1, -0.05) is 292 Å². The lowest BCUT2D eigenvalue weighted by Crippen LogP contribution is -2.40. The first-order valence-corrected chi connectivity index (χ1v) is 34.8. The Bertz CT molecular complexity index is 1640. The van der Waals surface area contributed by atoms with Crippen molar-refractivity contribution in [1.82, 2.24) is 0 Å². The van der Waals surface area contributed by atoms with E-state index in [2.05, 4.69) is 98.9 Å². The third-order valence-electron chi connectivity index (χ3n) is 15.1. The molecule has 0 bridgehead atoms. The topological polar surface area (TPSA) is 108 Å². The zero-order valence-corrected chi connectivity index (χ0v) is 54.8. The van der Waals surface area contributed by atoms with E-state index in [4.69, 9.17) is 18.9 Å². The average Bonchev–Trinajstić information content (AvgIpc) is 3.46. The maximum atomic E-state index is 12.9. The largest absolute Gasteiger partial charge is 0.477 e. The number of likely N-dealkylation sites (N-methyl/N-ethyl adjacent to an activating group) is 1. The smallest absolute Gasteiger partial charge is 0.361 e. The fourth-order valence-corrected chi connectivity index (χ4v) is 9.84. The number of carbonyl (C=O) groups excluding carboxylic acids is 2. The molecule has 2 unspecified atom stereocenters. The predicted octanol–water partition coefficient (Wildman–Crippen LogP) is 21.5. The maximum Gasteiger partial charge on any atom is 0.361 e. The van der Waals surface area contributed by atoms with Crippen LogP contribution >= 0.6 is 0 Å². The average molecular weight is 1160 g/mol. The molecule has 9 nitrogen and oxygen atoms in total. The van der Waals surface area contributed by atoms with Crippen LogP contribution in [0.4, 0.5) is 0 Å². The number of carboxylic acids is 1. The molecule has 0 rings (SSSR count). The van der Waals surface area contributed by atoms with Crippen LogP contribution in [0.1, 0.15) is 309 Å². The molecular formula is C74H132NO8+. The minimum absolute atomic E-state index is 0.181. The van der Waals surface area contributed by atoms with E-state index in [1.165, 1.54) is 193 Å². The number of ether oxygens (including phenoxy) is 4. The Balaban J connectivity index is 3.95. The number of carbonyl (C=O) groups is 3. The molecule has 0 aromatic carbocycles. The van der Waals surface area contributed by atoms with E-state index >= 15 is 0 Å². The first-order valence-electron chi connectivity index (χ1n) is 34.8. The molecule has 0 aliphatic rings. The molecule has 0 spiro atoms. The fourth-order valence-electron chi connectivity index (χ4n) is 9.84. The van der Waals surface area contributed by atoms with E-state index in [0.717, 1.165) is 83.5 Å². The van der Waals surface area contributed by atoms with Gasteiger partial charge in [0.25, 0.3) is 6.29 Å². The van der Waals surface area contributed by atoms with Crippen molar-refractivity contribution in [3.63, 3.8) is 0 Å².